The summed E-state index contributed by atoms with van der Waals surface area (Å²) in [6, 6.07) is 8.32. The Hall–Kier alpha value is -1.90. The van der Waals surface area contributed by atoms with Gasteiger partial charge in [0, 0.05) is 11.6 Å². The maximum absolute atomic E-state index is 12.3. The third-order valence-corrected chi connectivity index (χ3v) is 5.90. The molecule has 9 heteroatoms. The molecule has 0 saturated carbocycles. The molecule has 22 heavy (non-hydrogen) atoms. The van der Waals surface area contributed by atoms with Crippen LogP contribution in [0.3, 0.4) is 0 Å². The van der Waals surface area contributed by atoms with Gasteiger partial charge in [-0.1, -0.05) is 23.7 Å². The van der Waals surface area contributed by atoms with Crippen molar-refractivity contribution in [3.05, 3.63) is 46.3 Å². The summed E-state index contributed by atoms with van der Waals surface area (Å²) in [6.45, 7) is 0.182. The first-order chi connectivity index (χ1) is 10.5. The smallest absolute Gasteiger partial charge is 0.284 e. The normalized spacial score (nSPS) is 15.4. The first-order valence-electron chi connectivity index (χ1n) is 6.17. The lowest BCUT2D eigenvalue weighted by atomic mass is 10.2. The standard InChI is InChI=1S/C13H10ClN3O3S2/c14-9-3-1-8(2-4-9)7-15-11(18)13-17-16-12-10(5-6-21-12)22(13,19)20/h1-6,16H,7H2,(H,15,18). The topological polar surface area (TPSA) is 87.6 Å². The van der Waals surface area contributed by atoms with Crippen molar-refractivity contribution in [1.82, 2.24) is 5.32 Å². The van der Waals surface area contributed by atoms with Crippen LogP contribution in [0.25, 0.3) is 0 Å². The van der Waals surface area contributed by atoms with Gasteiger partial charge in [0.25, 0.3) is 5.91 Å². The fourth-order valence-electron chi connectivity index (χ4n) is 1.89. The van der Waals surface area contributed by atoms with Crippen molar-refractivity contribution >= 4 is 48.7 Å². The molecule has 1 aliphatic heterocycles. The number of amides is 1. The number of carbonyl (C=O) groups excluding carboxylic acids is 1. The Kier molecular flexibility index (Phi) is 3.90. The summed E-state index contributed by atoms with van der Waals surface area (Å²) in [6.07, 6.45) is 0. The van der Waals surface area contributed by atoms with Crippen molar-refractivity contribution in [3.63, 3.8) is 0 Å². The quantitative estimate of drug-likeness (QED) is 0.883. The molecule has 1 amide bonds. The maximum Gasteiger partial charge on any atom is 0.284 e. The van der Waals surface area contributed by atoms with Crippen LogP contribution in [0, 0.1) is 0 Å². The van der Waals surface area contributed by atoms with E-state index in [2.05, 4.69) is 15.8 Å². The van der Waals surface area contributed by atoms with Crippen molar-refractivity contribution in [2.45, 2.75) is 11.4 Å². The van der Waals surface area contributed by atoms with Crippen LogP contribution in [-0.2, 0) is 21.2 Å². The Morgan fingerprint density at radius 1 is 1.27 bits per heavy atom. The van der Waals surface area contributed by atoms with Crippen LogP contribution < -0.4 is 10.7 Å². The lowest BCUT2D eigenvalue weighted by molar-refractivity contribution is -0.114. The van der Waals surface area contributed by atoms with Gasteiger partial charge in [-0.05, 0) is 29.1 Å². The minimum absolute atomic E-state index is 0.0733. The average molecular weight is 356 g/mol. The van der Waals surface area contributed by atoms with Crippen LogP contribution >= 0.6 is 22.9 Å². The van der Waals surface area contributed by atoms with Gasteiger partial charge in [0.2, 0.25) is 14.9 Å². The van der Waals surface area contributed by atoms with E-state index in [1.807, 2.05) is 0 Å². The van der Waals surface area contributed by atoms with Gasteiger partial charge < -0.3 is 5.32 Å². The molecule has 6 nitrogen and oxygen atoms in total. The van der Waals surface area contributed by atoms with Gasteiger partial charge in [-0.2, -0.15) is 5.10 Å². The first-order valence-corrected chi connectivity index (χ1v) is 8.91. The Morgan fingerprint density at radius 3 is 2.73 bits per heavy atom. The largest absolute Gasteiger partial charge is 0.346 e. The van der Waals surface area contributed by atoms with Crippen LogP contribution in [0.15, 0.2) is 45.7 Å². The third-order valence-electron chi connectivity index (χ3n) is 2.99. The van der Waals surface area contributed by atoms with Gasteiger partial charge in [-0.15, -0.1) is 11.3 Å². The highest BCUT2D eigenvalue weighted by atomic mass is 35.5. The molecule has 1 aromatic carbocycles. The molecule has 2 N–H and O–H groups in total. The minimum Gasteiger partial charge on any atom is -0.346 e. The molecule has 0 saturated heterocycles. The highest BCUT2D eigenvalue weighted by Gasteiger charge is 2.35. The molecule has 1 aromatic heterocycles. The predicted molar refractivity (Wildman–Crippen MR) is 85.9 cm³/mol. The van der Waals surface area contributed by atoms with E-state index in [0.717, 1.165) is 5.56 Å². The van der Waals surface area contributed by atoms with Gasteiger partial charge in [0.05, 0.1) is 0 Å². The lowest BCUT2D eigenvalue weighted by Crippen LogP contribution is -2.37. The van der Waals surface area contributed by atoms with E-state index in [-0.39, 0.29) is 11.4 Å². The zero-order valence-electron chi connectivity index (χ0n) is 11.0. The number of nitrogens with zero attached hydrogens (tertiary/aromatic N) is 1. The number of anilines is 1. The van der Waals surface area contributed by atoms with E-state index in [1.165, 1.54) is 17.4 Å². The number of fused-ring (bicyclic) bond motifs is 1. The van der Waals surface area contributed by atoms with Crippen molar-refractivity contribution < 1.29 is 13.2 Å². The van der Waals surface area contributed by atoms with E-state index < -0.39 is 20.8 Å². The Morgan fingerprint density at radius 2 is 2.00 bits per heavy atom. The monoisotopic (exact) mass is 355 g/mol. The molecule has 3 rings (SSSR count). The predicted octanol–water partition coefficient (Wildman–Crippen LogP) is 2.23. The fraction of sp³-hybridized carbons (Fsp3) is 0.0769. The number of nitrogens with one attached hydrogen (secondary N) is 2. The van der Waals surface area contributed by atoms with Crippen molar-refractivity contribution in [2.24, 2.45) is 5.10 Å². The summed E-state index contributed by atoms with van der Waals surface area (Å²) in [7, 11) is -3.89. The van der Waals surface area contributed by atoms with E-state index in [1.54, 1.807) is 29.6 Å². The van der Waals surface area contributed by atoms with Crippen LogP contribution in [0.2, 0.25) is 5.02 Å². The summed E-state index contributed by atoms with van der Waals surface area (Å²) >= 11 is 6.99. The van der Waals surface area contributed by atoms with Crippen molar-refractivity contribution in [3.8, 4) is 0 Å². The second-order valence-corrected chi connectivity index (χ2v) is 7.64. The summed E-state index contributed by atoms with van der Waals surface area (Å²) in [5.41, 5.74) is 3.39. The average Bonchev–Trinajstić information content (AvgIpc) is 2.96. The van der Waals surface area contributed by atoms with E-state index in [0.29, 0.717) is 10.0 Å². The number of rotatable bonds is 3. The van der Waals surface area contributed by atoms with E-state index >= 15 is 0 Å². The second kappa shape index (κ2) is 5.71. The summed E-state index contributed by atoms with van der Waals surface area (Å²) < 4.78 is 24.6. The molecular weight excluding hydrogens is 346 g/mol. The first kappa shape index (κ1) is 15.0. The molecule has 0 spiro atoms. The molecule has 0 bridgehead atoms. The van der Waals surface area contributed by atoms with Crippen LogP contribution in [-0.4, -0.2) is 19.4 Å². The van der Waals surface area contributed by atoms with Crippen molar-refractivity contribution in [1.29, 1.82) is 0 Å². The van der Waals surface area contributed by atoms with E-state index in [4.69, 9.17) is 11.6 Å². The number of hydrogen-bond acceptors (Lipinski definition) is 6. The molecule has 0 radical (unpaired) electrons. The Labute approximate surface area is 135 Å². The molecule has 2 heterocycles. The molecule has 0 fully saturated rings. The molecule has 0 aliphatic carbocycles. The lowest BCUT2D eigenvalue weighted by Gasteiger charge is -2.14. The van der Waals surface area contributed by atoms with Crippen LogP contribution in [0.1, 0.15) is 5.56 Å². The van der Waals surface area contributed by atoms with Crippen LogP contribution in [0.5, 0.6) is 0 Å². The number of thiophene rings is 1. The molecule has 0 atom stereocenters. The number of halogens is 1. The molecular formula is C13H10ClN3O3S2. The molecule has 2 aromatic rings. The molecule has 114 valence electrons. The van der Waals surface area contributed by atoms with Gasteiger partial charge in [0.1, 0.15) is 9.90 Å². The Bertz CT molecular complexity index is 857. The highest BCUT2D eigenvalue weighted by Crippen LogP contribution is 2.32. The SMILES string of the molecule is O=C(NCc1ccc(Cl)cc1)C1=NNc2sccc2S1(=O)=O. The fourth-order valence-corrected chi connectivity index (χ4v) is 4.43. The number of hydrogen-bond donors (Lipinski definition) is 2. The zero-order valence-corrected chi connectivity index (χ0v) is 13.4. The molecule has 0 unspecified atom stereocenters. The number of hydrazone groups is 1. The van der Waals surface area contributed by atoms with Gasteiger partial charge in [0.15, 0.2) is 0 Å². The van der Waals surface area contributed by atoms with Gasteiger partial charge in [-0.25, -0.2) is 8.42 Å². The third kappa shape index (κ3) is 2.72. The van der Waals surface area contributed by atoms with Crippen molar-refractivity contribution in [2.75, 3.05) is 5.43 Å². The summed E-state index contributed by atoms with van der Waals surface area (Å²) in [5, 5.41) is 8.30. The minimum atomic E-state index is -3.89. The zero-order chi connectivity index (χ0) is 15.7. The number of carbonyl (C=O) groups is 1. The van der Waals surface area contributed by atoms with Gasteiger partial charge >= 0.3 is 0 Å². The maximum atomic E-state index is 12.3. The number of benzene rings is 1. The van der Waals surface area contributed by atoms with Crippen LogP contribution in [0.4, 0.5) is 5.00 Å². The highest BCUT2D eigenvalue weighted by molar-refractivity contribution is 8.08. The summed E-state index contributed by atoms with van der Waals surface area (Å²) in [4.78, 5) is 12.2. The summed E-state index contributed by atoms with van der Waals surface area (Å²) in [5.74, 6) is -0.751. The number of sulfone groups is 1. The molecule has 1 aliphatic rings. The second-order valence-electron chi connectivity index (χ2n) is 4.46. The Balaban J connectivity index is 1.75. The van der Waals surface area contributed by atoms with E-state index in [9.17, 15) is 13.2 Å². The van der Waals surface area contributed by atoms with Gasteiger partial charge in [-0.3, -0.25) is 10.2 Å².